The van der Waals surface area contributed by atoms with Crippen LogP contribution in [0.15, 0.2) is 23.1 Å². The van der Waals surface area contributed by atoms with Gasteiger partial charge in [-0.3, -0.25) is 4.79 Å². The SMILES string of the molecule is CSc1ccc(CBr)cc1C(Br)C(C)=O. The largest absolute Gasteiger partial charge is 0.298 e. The fourth-order valence-electron chi connectivity index (χ4n) is 1.28. The molecule has 0 saturated heterocycles. The highest BCUT2D eigenvalue weighted by atomic mass is 79.9. The molecule has 0 aliphatic rings. The molecule has 0 heterocycles. The second kappa shape index (κ2) is 6.06. The number of hydrogen-bond acceptors (Lipinski definition) is 2. The molecule has 0 amide bonds. The maximum Gasteiger partial charge on any atom is 0.147 e. The minimum Gasteiger partial charge on any atom is -0.298 e. The van der Waals surface area contributed by atoms with E-state index in [0.29, 0.717) is 0 Å². The van der Waals surface area contributed by atoms with Gasteiger partial charge in [-0.05, 0) is 30.4 Å². The van der Waals surface area contributed by atoms with Crippen molar-refractivity contribution in [2.45, 2.75) is 22.0 Å². The molecule has 0 fully saturated rings. The van der Waals surface area contributed by atoms with Gasteiger partial charge in [0, 0.05) is 10.2 Å². The van der Waals surface area contributed by atoms with Crippen LogP contribution >= 0.6 is 43.6 Å². The minimum atomic E-state index is -0.195. The van der Waals surface area contributed by atoms with Crippen LogP contribution in [0.5, 0.6) is 0 Å². The Hall–Kier alpha value is 0.200. The summed E-state index contributed by atoms with van der Waals surface area (Å²) in [6.07, 6.45) is 2.02. The molecule has 4 heteroatoms. The van der Waals surface area contributed by atoms with Gasteiger partial charge in [0.05, 0.1) is 4.83 Å². The Morgan fingerprint density at radius 3 is 2.67 bits per heavy atom. The molecule has 0 aliphatic heterocycles. The molecule has 0 aliphatic carbocycles. The third kappa shape index (κ3) is 3.33. The van der Waals surface area contributed by atoms with Gasteiger partial charge < -0.3 is 0 Å². The maximum absolute atomic E-state index is 11.3. The van der Waals surface area contributed by atoms with Crippen LogP contribution in [0.25, 0.3) is 0 Å². The number of carbonyl (C=O) groups excluding carboxylic acids is 1. The minimum absolute atomic E-state index is 0.136. The smallest absolute Gasteiger partial charge is 0.147 e. The Balaban J connectivity index is 3.16. The lowest BCUT2D eigenvalue weighted by Crippen LogP contribution is -2.03. The third-order valence-electron chi connectivity index (χ3n) is 2.08. The van der Waals surface area contributed by atoms with Crippen LogP contribution in [0, 0.1) is 0 Å². The monoisotopic (exact) mass is 350 g/mol. The molecular formula is C11H12Br2OS. The second-order valence-electron chi connectivity index (χ2n) is 3.18. The van der Waals surface area contributed by atoms with Gasteiger partial charge in [0.15, 0.2) is 0 Å². The lowest BCUT2D eigenvalue weighted by atomic mass is 10.1. The fourth-order valence-corrected chi connectivity index (χ4v) is 2.78. The Morgan fingerprint density at radius 1 is 1.53 bits per heavy atom. The van der Waals surface area contributed by atoms with Crippen molar-refractivity contribution in [1.82, 2.24) is 0 Å². The number of thioether (sulfide) groups is 1. The first-order chi connectivity index (χ1) is 7.10. The van der Waals surface area contributed by atoms with Gasteiger partial charge >= 0.3 is 0 Å². The molecule has 0 N–H and O–H groups in total. The summed E-state index contributed by atoms with van der Waals surface area (Å²) in [5.41, 5.74) is 2.25. The molecule has 0 aromatic heterocycles. The van der Waals surface area contributed by atoms with Gasteiger partial charge in [0.2, 0.25) is 0 Å². The highest BCUT2D eigenvalue weighted by Gasteiger charge is 2.16. The zero-order chi connectivity index (χ0) is 11.4. The zero-order valence-corrected chi connectivity index (χ0v) is 12.6. The van der Waals surface area contributed by atoms with E-state index in [4.69, 9.17) is 0 Å². The van der Waals surface area contributed by atoms with Crippen molar-refractivity contribution in [3.8, 4) is 0 Å². The Kier molecular flexibility index (Phi) is 5.36. The summed E-state index contributed by atoms with van der Waals surface area (Å²) < 4.78 is 0. The third-order valence-corrected chi connectivity index (χ3v) is 4.68. The topological polar surface area (TPSA) is 17.1 Å². The van der Waals surface area contributed by atoms with E-state index >= 15 is 0 Å². The van der Waals surface area contributed by atoms with Gasteiger partial charge in [0.1, 0.15) is 5.78 Å². The van der Waals surface area contributed by atoms with E-state index in [0.717, 1.165) is 15.8 Å². The molecule has 1 unspecified atom stereocenters. The number of hydrogen-bond donors (Lipinski definition) is 0. The normalized spacial score (nSPS) is 12.5. The van der Waals surface area contributed by atoms with E-state index in [1.165, 1.54) is 5.56 Å². The predicted molar refractivity (Wildman–Crippen MR) is 73.2 cm³/mol. The highest BCUT2D eigenvalue weighted by molar-refractivity contribution is 9.09. The molecule has 1 aromatic rings. The molecule has 1 rings (SSSR count). The first-order valence-electron chi connectivity index (χ1n) is 4.47. The van der Waals surface area contributed by atoms with Crippen molar-refractivity contribution in [3.63, 3.8) is 0 Å². The van der Waals surface area contributed by atoms with Crippen molar-refractivity contribution in [2.75, 3.05) is 6.26 Å². The van der Waals surface area contributed by atoms with E-state index in [-0.39, 0.29) is 10.6 Å². The summed E-state index contributed by atoms with van der Waals surface area (Å²) in [6.45, 7) is 1.60. The highest BCUT2D eigenvalue weighted by Crippen LogP contribution is 2.33. The first kappa shape index (κ1) is 13.3. The molecule has 15 heavy (non-hydrogen) atoms. The van der Waals surface area contributed by atoms with E-state index < -0.39 is 0 Å². The number of ketones is 1. The summed E-state index contributed by atoms with van der Waals surface area (Å²) >= 11 is 8.51. The Labute approximate surface area is 111 Å². The second-order valence-corrected chi connectivity index (χ2v) is 5.51. The van der Waals surface area contributed by atoms with Crippen LogP contribution < -0.4 is 0 Å². The van der Waals surface area contributed by atoms with Crippen molar-refractivity contribution < 1.29 is 4.79 Å². The maximum atomic E-state index is 11.3. The molecule has 0 saturated carbocycles. The van der Waals surface area contributed by atoms with E-state index in [1.807, 2.05) is 6.26 Å². The average molecular weight is 352 g/mol. The Morgan fingerprint density at radius 2 is 2.20 bits per heavy atom. The number of halogens is 2. The summed E-state index contributed by atoms with van der Waals surface area (Å²) in [5.74, 6) is 0.136. The summed E-state index contributed by atoms with van der Waals surface area (Å²) in [4.78, 5) is 12.3. The molecular weight excluding hydrogens is 340 g/mol. The molecule has 0 bridgehead atoms. The van der Waals surface area contributed by atoms with Gasteiger partial charge in [-0.1, -0.05) is 44.0 Å². The van der Waals surface area contributed by atoms with Crippen molar-refractivity contribution in [1.29, 1.82) is 0 Å². The molecule has 1 atom stereocenters. The van der Waals surface area contributed by atoms with Crippen molar-refractivity contribution in [3.05, 3.63) is 29.3 Å². The zero-order valence-electron chi connectivity index (χ0n) is 8.59. The van der Waals surface area contributed by atoms with E-state index in [2.05, 4.69) is 50.1 Å². The van der Waals surface area contributed by atoms with Gasteiger partial charge in [-0.2, -0.15) is 0 Å². The van der Waals surface area contributed by atoms with Crippen LogP contribution in [0.4, 0.5) is 0 Å². The van der Waals surface area contributed by atoms with Crippen molar-refractivity contribution >= 4 is 49.4 Å². The average Bonchev–Trinajstić information content (AvgIpc) is 2.27. The molecule has 82 valence electrons. The summed E-state index contributed by atoms with van der Waals surface area (Å²) in [6, 6.07) is 6.21. The van der Waals surface area contributed by atoms with E-state index in [1.54, 1.807) is 18.7 Å². The standard InChI is InChI=1S/C11H12Br2OS/c1-7(14)11(13)9-5-8(6-12)3-4-10(9)15-2/h3-5,11H,6H2,1-2H3. The molecule has 0 spiro atoms. The Bertz CT molecular complexity index is 366. The molecule has 1 aromatic carbocycles. The number of rotatable bonds is 4. The number of Topliss-reactive ketones (excluding diaryl/α,β-unsaturated/α-hetero) is 1. The summed E-state index contributed by atoms with van der Waals surface area (Å²) in [5, 5.41) is 0.812. The van der Waals surface area contributed by atoms with Gasteiger partial charge in [0.25, 0.3) is 0 Å². The van der Waals surface area contributed by atoms with Gasteiger partial charge in [-0.15, -0.1) is 11.8 Å². The molecule has 0 radical (unpaired) electrons. The van der Waals surface area contributed by atoms with Gasteiger partial charge in [-0.25, -0.2) is 0 Å². The van der Waals surface area contributed by atoms with Crippen molar-refractivity contribution in [2.24, 2.45) is 0 Å². The summed E-state index contributed by atoms with van der Waals surface area (Å²) in [7, 11) is 0. The van der Waals surface area contributed by atoms with Crippen LogP contribution in [0.3, 0.4) is 0 Å². The lowest BCUT2D eigenvalue weighted by Gasteiger charge is -2.12. The number of benzene rings is 1. The van der Waals surface area contributed by atoms with Crippen LogP contribution in [0.2, 0.25) is 0 Å². The number of carbonyl (C=O) groups is 1. The lowest BCUT2D eigenvalue weighted by molar-refractivity contribution is -0.116. The van der Waals surface area contributed by atoms with Crippen LogP contribution in [0.1, 0.15) is 22.9 Å². The fraction of sp³-hybridized carbons (Fsp3) is 0.364. The predicted octanol–water partition coefficient (Wildman–Crippen LogP) is 4.33. The number of alkyl halides is 2. The quantitative estimate of drug-likeness (QED) is 0.593. The molecule has 1 nitrogen and oxygen atoms in total. The van der Waals surface area contributed by atoms with Crippen LogP contribution in [-0.4, -0.2) is 12.0 Å². The van der Waals surface area contributed by atoms with E-state index in [9.17, 15) is 4.79 Å². The van der Waals surface area contributed by atoms with Crippen LogP contribution in [-0.2, 0) is 10.1 Å². The first-order valence-corrected chi connectivity index (χ1v) is 7.73.